The van der Waals surface area contributed by atoms with E-state index in [0.29, 0.717) is 11.7 Å². The Kier molecular flexibility index (Phi) is 4.64. The molecule has 0 spiro atoms. The van der Waals surface area contributed by atoms with Gasteiger partial charge in [0.15, 0.2) is 5.78 Å². The molecule has 0 aromatic heterocycles. The topological polar surface area (TPSA) is 20.3 Å². The van der Waals surface area contributed by atoms with Crippen LogP contribution in [0, 0.1) is 5.92 Å². The van der Waals surface area contributed by atoms with Gasteiger partial charge >= 0.3 is 0 Å². The van der Waals surface area contributed by atoms with Gasteiger partial charge in [-0.2, -0.15) is 0 Å². The van der Waals surface area contributed by atoms with Crippen molar-refractivity contribution in [3.63, 3.8) is 0 Å². The van der Waals surface area contributed by atoms with Crippen LogP contribution in [0.2, 0.25) is 0 Å². The Morgan fingerprint density at radius 3 is 2.30 bits per heavy atom. The summed E-state index contributed by atoms with van der Waals surface area (Å²) in [7, 11) is 0. The van der Waals surface area contributed by atoms with Crippen LogP contribution in [0.3, 0.4) is 0 Å². The highest BCUT2D eigenvalue weighted by Gasteiger charge is 2.50. The van der Waals surface area contributed by atoms with Gasteiger partial charge in [0, 0.05) is 5.92 Å². The molecule has 1 aromatic carbocycles. The summed E-state index contributed by atoms with van der Waals surface area (Å²) < 4.78 is 0. The highest BCUT2D eigenvalue weighted by Crippen LogP contribution is 2.50. The summed E-state index contributed by atoms with van der Waals surface area (Å²) in [6, 6.07) is 10.5. The Bertz CT molecular complexity index is 452. The van der Waals surface area contributed by atoms with Crippen molar-refractivity contribution in [2.45, 2.75) is 52.0 Å². The molecular formula is C18H27NO. The molecule has 0 bridgehead atoms. The SMILES string of the molecule is CCN(CC)C(C)(CC)C(=O)C1CC1c1ccccc1. The first kappa shape index (κ1) is 15.2. The average Bonchev–Trinajstić information content (AvgIpc) is 3.28. The van der Waals surface area contributed by atoms with Crippen LogP contribution in [0.4, 0.5) is 0 Å². The zero-order valence-corrected chi connectivity index (χ0v) is 13.2. The van der Waals surface area contributed by atoms with Crippen LogP contribution in [0.25, 0.3) is 0 Å². The fraction of sp³-hybridized carbons (Fsp3) is 0.611. The van der Waals surface area contributed by atoms with Crippen LogP contribution in [0.15, 0.2) is 30.3 Å². The molecule has 20 heavy (non-hydrogen) atoms. The lowest BCUT2D eigenvalue weighted by Gasteiger charge is -2.38. The number of hydrogen-bond donors (Lipinski definition) is 0. The second kappa shape index (κ2) is 6.09. The molecule has 1 saturated carbocycles. The van der Waals surface area contributed by atoms with Crippen molar-refractivity contribution in [1.82, 2.24) is 4.90 Å². The number of nitrogens with zero attached hydrogens (tertiary/aromatic N) is 1. The van der Waals surface area contributed by atoms with Gasteiger partial charge in [0.05, 0.1) is 5.54 Å². The van der Waals surface area contributed by atoms with Crippen molar-refractivity contribution < 1.29 is 4.79 Å². The third-order valence-electron chi connectivity index (χ3n) is 5.04. The van der Waals surface area contributed by atoms with E-state index in [1.807, 2.05) is 6.07 Å². The van der Waals surface area contributed by atoms with Gasteiger partial charge in [-0.05, 0) is 44.3 Å². The third-order valence-corrected chi connectivity index (χ3v) is 5.04. The normalized spacial score (nSPS) is 24.4. The highest BCUT2D eigenvalue weighted by atomic mass is 16.1. The van der Waals surface area contributed by atoms with E-state index in [-0.39, 0.29) is 11.5 Å². The number of rotatable bonds is 7. The van der Waals surface area contributed by atoms with E-state index in [9.17, 15) is 4.79 Å². The van der Waals surface area contributed by atoms with Gasteiger partial charge in [0.2, 0.25) is 0 Å². The molecule has 0 saturated heterocycles. The van der Waals surface area contributed by atoms with Gasteiger partial charge < -0.3 is 0 Å². The minimum Gasteiger partial charge on any atom is -0.297 e. The average molecular weight is 273 g/mol. The summed E-state index contributed by atoms with van der Waals surface area (Å²) in [5.74, 6) is 1.12. The zero-order valence-electron chi connectivity index (χ0n) is 13.2. The lowest BCUT2D eigenvalue weighted by atomic mass is 9.87. The van der Waals surface area contributed by atoms with Gasteiger partial charge in [0.1, 0.15) is 0 Å². The van der Waals surface area contributed by atoms with Gasteiger partial charge in [-0.3, -0.25) is 9.69 Å². The van der Waals surface area contributed by atoms with Crippen LogP contribution >= 0.6 is 0 Å². The second-order valence-electron chi connectivity index (χ2n) is 6.02. The zero-order chi connectivity index (χ0) is 14.8. The summed E-state index contributed by atoms with van der Waals surface area (Å²) in [4.78, 5) is 15.3. The first-order valence-electron chi connectivity index (χ1n) is 7.92. The second-order valence-corrected chi connectivity index (χ2v) is 6.02. The summed E-state index contributed by atoms with van der Waals surface area (Å²) in [5, 5.41) is 0. The minimum absolute atomic E-state index is 0.225. The number of benzene rings is 1. The molecule has 1 aromatic rings. The summed E-state index contributed by atoms with van der Waals surface area (Å²) in [6.45, 7) is 10.4. The van der Waals surface area contributed by atoms with Gasteiger partial charge in [-0.25, -0.2) is 0 Å². The molecule has 2 rings (SSSR count). The van der Waals surface area contributed by atoms with E-state index in [4.69, 9.17) is 0 Å². The highest BCUT2D eigenvalue weighted by molar-refractivity contribution is 5.93. The molecule has 2 heteroatoms. The molecule has 1 aliphatic carbocycles. The minimum atomic E-state index is -0.294. The van der Waals surface area contributed by atoms with E-state index < -0.39 is 0 Å². The Hall–Kier alpha value is -1.15. The quantitative estimate of drug-likeness (QED) is 0.751. The Morgan fingerprint density at radius 1 is 1.20 bits per heavy atom. The fourth-order valence-electron chi connectivity index (χ4n) is 3.43. The van der Waals surface area contributed by atoms with Crippen LogP contribution in [0.1, 0.15) is 52.0 Å². The van der Waals surface area contributed by atoms with Crippen molar-refractivity contribution in [2.24, 2.45) is 5.92 Å². The third kappa shape index (κ3) is 2.67. The van der Waals surface area contributed by atoms with Gasteiger partial charge in [-0.15, -0.1) is 0 Å². The van der Waals surface area contributed by atoms with Gasteiger partial charge in [0.25, 0.3) is 0 Å². The smallest absolute Gasteiger partial charge is 0.156 e. The molecule has 0 heterocycles. The maximum Gasteiger partial charge on any atom is 0.156 e. The molecule has 1 aliphatic rings. The molecular weight excluding hydrogens is 246 g/mol. The van der Waals surface area contributed by atoms with E-state index in [1.54, 1.807) is 0 Å². The maximum absolute atomic E-state index is 13.0. The fourth-order valence-corrected chi connectivity index (χ4v) is 3.43. The standard InChI is InChI=1S/C18H27NO/c1-5-18(4,19(6-2)7-3)17(20)16-13-15(16)14-11-9-8-10-12-14/h8-12,15-16H,5-7,13H2,1-4H3. The van der Waals surface area contributed by atoms with Gasteiger partial charge in [-0.1, -0.05) is 51.1 Å². The largest absolute Gasteiger partial charge is 0.297 e. The van der Waals surface area contributed by atoms with Crippen molar-refractivity contribution in [1.29, 1.82) is 0 Å². The molecule has 1 fully saturated rings. The van der Waals surface area contributed by atoms with Crippen LogP contribution in [-0.4, -0.2) is 29.3 Å². The molecule has 3 atom stereocenters. The lowest BCUT2D eigenvalue weighted by Crippen LogP contribution is -2.52. The van der Waals surface area contributed by atoms with Crippen molar-refractivity contribution in [3.8, 4) is 0 Å². The number of carbonyl (C=O) groups is 1. The van der Waals surface area contributed by atoms with Crippen LogP contribution < -0.4 is 0 Å². The molecule has 0 aliphatic heterocycles. The number of hydrogen-bond acceptors (Lipinski definition) is 2. The number of ketones is 1. The number of Topliss-reactive ketones (excluding diaryl/α,β-unsaturated/α-hetero) is 1. The Labute approximate surface area is 123 Å². The molecule has 3 unspecified atom stereocenters. The summed E-state index contributed by atoms with van der Waals surface area (Å²) >= 11 is 0. The predicted octanol–water partition coefficient (Wildman–Crippen LogP) is 3.87. The molecule has 0 radical (unpaired) electrons. The molecule has 0 N–H and O–H groups in total. The van der Waals surface area contributed by atoms with Crippen LogP contribution in [0.5, 0.6) is 0 Å². The molecule has 2 nitrogen and oxygen atoms in total. The number of carbonyl (C=O) groups excluding carboxylic acids is 1. The van der Waals surface area contributed by atoms with Crippen LogP contribution in [-0.2, 0) is 4.79 Å². The predicted molar refractivity (Wildman–Crippen MR) is 83.9 cm³/mol. The number of likely N-dealkylation sites (N-methyl/N-ethyl adjacent to an activating group) is 1. The summed E-state index contributed by atoms with van der Waals surface area (Å²) in [5.41, 5.74) is 1.03. The van der Waals surface area contributed by atoms with E-state index in [0.717, 1.165) is 25.9 Å². The molecule has 110 valence electrons. The van der Waals surface area contributed by atoms with E-state index in [1.165, 1.54) is 5.56 Å². The van der Waals surface area contributed by atoms with E-state index >= 15 is 0 Å². The maximum atomic E-state index is 13.0. The lowest BCUT2D eigenvalue weighted by molar-refractivity contribution is -0.132. The Balaban J connectivity index is 2.12. The first-order chi connectivity index (χ1) is 9.58. The molecule has 0 amide bonds. The van der Waals surface area contributed by atoms with E-state index in [2.05, 4.69) is 56.9 Å². The summed E-state index contributed by atoms with van der Waals surface area (Å²) in [6.07, 6.45) is 1.92. The van der Waals surface area contributed by atoms with Crippen molar-refractivity contribution >= 4 is 5.78 Å². The van der Waals surface area contributed by atoms with Crippen molar-refractivity contribution in [2.75, 3.05) is 13.1 Å². The monoisotopic (exact) mass is 273 g/mol. The van der Waals surface area contributed by atoms with Crippen molar-refractivity contribution in [3.05, 3.63) is 35.9 Å². The first-order valence-corrected chi connectivity index (χ1v) is 7.92. The Morgan fingerprint density at radius 2 is 1.80 bits per heavy atom.